The number of hydrogen-bond acceptors (Lipinski definition) is 5. The summed E-state index contributed by atoms with van der Waals surface area (Å²) in [5.74, 6) is 0.101. The van der Waals surface area contributed by atoms with Crippen molar-refractivity contribution in [2.45, 2.75) is 167 Å². The molecule has 1 fully saturated rings. The van der Waals surface area contributed by atoms with Crippen LogP contribution in [0.25, 0.3) is 0 Å². The first-order valence-corrected chi connectivity index (χ1v) is 20.0. The Kier molecular flexibility index (Phi) is 24.7. The smallest absolute Gasteiger partial charge is 0.268 e. The molecule has 8 heteroatoms. The highest BCUT2D eigenvalue weighted by Gasteiger charge is 2.29. The zero-order chi connectivity index (χ0) is 32.4. The molecule has 1 aliphatic rings. The molecule has 2 atom stereocenters. The Morgan fingerprint density at radius 2 is 1.23 bits per heavy atom. The van der Waals surface area contributed by atoms with Gasteiger partial charge in [0.2, 0.25) is 5.91 Å². The maximum Gasteiger partial charge on any atom is 0.268 e. The van der Waals surface area contributed by atoms with Crippen LogP contribution in [0.5, 0.6) is 0 Å². The minimum atomic E-state index is -4.35. The molecule has 0 aromatic heterocycles. The lowest BCUT2D eigenvalue weighted by Crippen LogP contribution is -2.37. The number of carbonyl (C=O) groups is 1. The summed E-state index contributed by atoms with van der Waals surface area (Å²) in [6.07, 6.45) is 34.5. The third-order valence-electron chi connectivity index (χ3n) is 8.69. The van der Waals surface area contributed by atoms with Gasteiger partial charge in [-0.15, -0.1) is 0 Å². The lowest BCUT2D eigenvalue weighted by Gasteiger charge is -2.29. The minimum absolute atomic E-state index is 0.0928. The topological polar surface area (TPSA) is 78.9 Å². The van der Waals surface area contributed by atoms with Crippen molar-refractivity contribution < 1.29 is 27.8 Å². The van der Waals surface area contributed by atoms with Gasteiger partial charge in [0.05, 0.1) is 27.2 Å². The number of likely N-dealkylation sites (tertiary alicyclic amines) is 1. The first-order chi connectivity index (χ1) is 21.1. The van der Waals surface area contributed by atoms with Gasteiger partial charge in [-0.3, -0.25) is 9.36 Å². The number of phosphoric ester groups is 1. The zero-order valence-corrected chi connectivity index (χ0v) is 30.3. The number of hydrogen-bond donors (Lipinski definition) is 0. The summed E-state index contributed by atoms with van der Waals surface area (Å²) in [6, 6.07) is 0. The molecule has 1 rings (SSSR count). The Morgan fingerprint density at radius 3 is 1.70 bits per heavy atom. The van der Waals surface area contributed by atoms with E-state index < -0.39 is 13.9 Å². The van der Waals surface area contributed by atoms with E-state index in [2.05, 4.69) is 19.1 Å². The number of amides is 1. The Morgan fingerprint density at radius 1 is 0.773 bits per heavy atom. The summed E-state index contributed by atoms with van der Waals surface area (Å²) >= 11 is 0. The molecular weight excluding hydrogens is 571 g/mol. The number of allylic oxidation sites excluding steroid dienone is 2. The number of likely N-dealkylation sites (N-methyl/N-ethyl adjacent to an activating group) is 1. The second-order valence-corrected chi connectivity index (χ2v) is 15.5. The van der Waals surface area contributed by atoms with Gasteiger partial charge in [-0.05, 0) is 38.5 Å². The molecule has 260 valence electrons. The Labute approximate surface area is 272 Å². The SMILES string of the molecule is CCCCCCCCCCCCCCCCC/C=C\CCCCCCCC(=O)N1CC[C@@H](OP(=O)([O-])OCC[N+](C)(C)C)C1. The minimum Gasteiger partial charge on any atom is -0.756 e. The number of nitrogens with zero attached hydrogens (tertiary/aromatic N) is 2. The fraction of sp³-hybridized carbons (Fsp3) is 0.917. The highest BCUT2D eigenvalue weighted by Crippen LogP contribution is 2.41. The van der Waals surface area contributed by atoms with Crippen LogP contribution < -0.4 is 4.89 Å². The van der Waals surface area contributed by atoms with Gasteiger partial charge in [0.1, 0.15) is 13.2 Å². The summed E-state index contributed by atoms with van der Waals surface area (Å²) in [7, 11) is 1.57. The summed E-state index contributed by atoms with van der Waals surface area (Å²) < 4.78 is 22.9. The largest absolute Gasteiger partial charge is 0.756 e. The average molecular weight is 643 g/mol. The molecule has 1 unspecified atom stereocenters. The van der Waals surface area contributed by atoms with Crippen molar-refractivity contribution in [1.82, 2.24) is 4.90 Å². The van der Waals surface area contributed by atoms with Crippen molar-refractivity contribution in [3.8, 4) is 0 Å². The number of quaternary nitrogens is 1. The molecule has 0 spiro atoms. The first-order valence-electron chi connectivity index (χ1n) is 18.5. The van der Waals surface area contributed by atoms with E-state index in [1.54, 1.807) is 4.90 Å². The van der Waals surface area contributed by atoms with E-state index in [1.165, 1.54) is 116 Å². The van der Waals surface area contributed by atoms with Gasteiger partial charge in [0, 0.05) is 19.5 Å². The second-order valence-electron chi connectivity index (χ2n) is 14.2. The molecule has 0 N–H and O–H groups in total. The van der Waals surface area contributed by atoms with Crippen molar-refractivity contribution in [2.24, 2.45) is 0 Å². The van der Waals surface area contributed by atoms with Gasteiger partial charge in [-0.25, -0.2) is 0 Å². The van der Waals surface area contributed by atoms with Crippen LogP contribution in [0.2, 0.25) is 0 Å². The van der Waals surface area contributed by atoms with Crippen LogP contribution in [0.15, 0.2) is 12.2 Å². The van der Waals surface area contributed by atoms with E-state index in [-0.39, 0.29) is 12.5 Å². The van der Waals surface area contributed by atoms with Gasteiger partial charge < -0.3 is 23.3 Å². The predicted molar refractivity (Wildman–Crippen MR) is 184 cm³/mol. The van der Waals surface area contributed by atoms with Crippen LogP contribution in [0, 0.1) is 0 Å². The van der Waals surface area contributed by atoms with Gasteiger partial charge in [0.15, 0.2) is 0 Å². The molecule has 0 bridgehead atoms. The van der Waals surface area contributed by atoms with Gasteiger partial charge in [-0.2, -0.15) is 0 Å². The van der Waals surface area contributed by atoms with Gasteiger partial charge >= 0.3 is 0 Å². The third kappa shape index (κ3) is 25.5. The molecule has 1 amide bonds. The maximum absolute atomic E-state index is 12.5. The highest BCUT2D eigenvalue weighted by molar-refractivity contribution is 7.45. The molecule has 1 heterocycles. The summed E-state index contributed by atoms with van der Waals surface area (Å²) in [5.41, 5.74) is 0. The molecular formula is C36H71N2O5P. The van der Waals surface area contributed by atoms with Crippen molar-refractivity contribution in [3.05, 3.63) is 12.2 Å². The lowest BCUT2D eigenvalue weighted by molar-refractivity contribution is -0.870. The fourth-order valence-electron chi connectivity index (χ4n) is 5.78. The molecule has 0 aliphatic carbocycles. The van der Waals surface area contributed by atoms with Crippen LogP contribution in [-0.2, 0) is 18.4 Å². The number of rotatable bonds is 30. The van der Waals surface area contributed by atoms with E-state index >= 15 is 0 Å². The normalized spacial score (nSPS) is 17.1. The van der Waals surface area contributed by atoms with Crippen LogP contribution in [0.1, 0.15) is 161 Å². The van der Waals surface area contributed by atoms with E-state index in [0.29, 0.717) is 37.0 Å². The number of carbonyl (C=O) groups excluding carboxylic acids is 1. The number of unbranched alkanes of at least 4 members (excludes halogenated alkanes) is 20. The second kappa shape index (κ2) is 26.4. The van der Waals surface area contributed by atoms with Crippen molar-refractivity contribution in [1.29, 1.82) is 0 Å². The summed E-state index contributed by atoms with van der Waals surface area (Å²) in [5, 5.41) is 0. The number of phosphoric acid groups is 1. The molecule has 1 aliphatic heterocycles. The highest BCUT2D eigenvalue weighted by atomic mass is 31.2. The molecule has 1 saturated heterocycles. The molecule has 0 aromatic rings. The zero-order valence-electron chi connectivity index (χ0n) is 29.4. The lowest BCUT2D eigenvalue weighted by atomic mass is 10.0. The quantitative estimate of drug-likeness (QED) is 0.0338. The Hall–Kier alpha value is -0.720. The van der Waals surface area contributed by atoms with E-state index in [9.17, 15) is 14.3 Å². The molecule has 0 radical (unpaired) electrons. The Balaban J connectivity index is 1.87. The Bertz CT molecular complexity index is 770. The van der Waals surface area contributed by atoms with Crippen LogP contribution in [0.4, 0.5) is 0 Å². The predicted octanol–water partition coefficient (Wildman–Crippen LogP) is 9.34. The monoisotopic (exact) mass is 643 g/mol. The van der Waals surface area contributed by atoms with Gasteiger partial charge in [0.25, 0.3) is 7.82 Å². The molecule has 0 aromatic carbocycles. The van der Waals surface area contributed by atoms with Gasteiger partial charge in [-0.1, -0.05) is 128 Å². The van der Waals surface area contributed by atoms with E-state index in [0.717, 1.165) is 25.7 Å². The standard InChI is InChI=1S/C36H71N2O5P/c1-5-6-7-8-9-10-11-12-13-14-15-16-17-18-19-20-21-22-23-24-25-26-27-28-29-36(39)37-31-30-35(34-37)43-44(40,41)42-33-32-38(2,3)4/h21-22,35H,5-20,23-34H2,1-4H3/b22-21-/t35-/m1/s1. The van der Waals surface area contributed by atoms with E-state index in [1.807, 2.05) is 21.1 Å². The molecule has 0 saturated carbocycles. The summed E-state index contributed by atoms with van der Waals surface area (Å²) in [4.78, 5) is 26.4. The van der Waals surface area contributed by atoms with Crippen LogP contribution in [-0.4, -0.2) is 68.8 Å². The average Bonchev–Trinajstić information content (AvgIpc) is 3.42. The van der Waals surface area contributed by atoms with Crippen LogP contribution in [0.3, 0.4) is 0 Å². The summed E-state index contributed by atoms with van der Waals surface area (Å²) in [6.45, 7) is 3.83. The maximum atomic E-state index is 12.5. The first kappa shape index (κ1) is 41.3. The third-order valence-corrected chi connectivity index (χ3v) is 9.74. The van der Waals surface area contributed by atoms with Crippen molar-refractivity contribution >= 4 is 13.7 Å². The van der Waals surface area contributed by atoms with Crippen molar-refractivity contribution in [3.63, 3.8) is 0 Å². The van der Waals surface area contributed by atoms with Crippen molar-refractivity contribution in [2.75, 3.05) is 47.4 Å². The molecule has 44 heavy (non-hydrogen) atoms. The fourth-order valence-corrected chi connectivity index (χ4v) is 6.68. The molecule has 7 nitrogen and oxygen atoms in total. The van der Waals surface area contributed by atoms with E-state index in [4.69, 9.17) is 9.05 Å². The van der Waals surface area contributed by atoms with Crippen LogP contribution >= 0.6 is 7.82 Å².